The van der Waals surface area contributed by atoms with Crippen molar-refractivity contribution in [1.82, 2.24) is 9.80 Å². The lowest BCUT2D eigenvalue weighted by atomic mass is 10.2. The molecule has 1 unspecified atom stereocenters. The summed E-state index contributed by atoms with van der Waals surface area (Å²) in [5, 5.41) is 0. The normalized spacial score (nSPS) is 15.9. The Morgan fingerprint density at radius 1 is 0.630 bits per heavy atom. The zero-order valence-electron chi connectivity index (χ0n) is 17.3. The van der Waals surface area contributed by atoms with Gasteiger partial charge >= 0.3 is 0 Å². The Labute approximate surface area is 172 Å². The zero-order valence-corrected chi connectivity index (χ0v) is 18.1. The molecule has 1 atom stereocenters. The Hall–Kier alpha value is 0.01000. The number of nitrogens with zero attached hydrogens (tertiary/aromatic N) is 2. The SMILES string of the molecule is ClCC1CO1.NCCCN(CCCN)CCCCN(CCCN)CCCN. The Morgan fingerprint density at radius 3 is 1.11 bits per heavy atom. The number of unbranched alkanes of at least 4 members (excludes halogenated alkanes) is 1. The molecule has 0 aromatic rings. The molecule has 0 saturated carbocycles. The highest BCUT2D eigenvalue weighted by molar-refractivity contribution is 6.18. The summed E-state index contributed by atoms with van der Waals surface area (Å²) in [5.74, 6) is 0.667. The standard InChI is InChI=1S/C16H40N6.C3H5ClO/c17-7-3-13-21(14-4-8-18)11-1-2-12-22(15-5-9-19)16-6-10-20;4-1-3-2-5-3/h1-20H2;3H,1-2H2. The molecule has 7 nitrogen and oxygen atoms in total. The van der Waals surface area contributed by atoms with E-state index in [1.807, 2.05) is 0 Å². The van der Waals surface area contributed by atoms with Crippen molar-refractivity contribution in [3.63, 3.8) is 0 Å². The Morgan fingerprint density at radius 2 is 0.926 bits per heavy atom. The number of hydrogen-bond acceptors (Lipinski definition) is 7. The van der Waals surface area contributed by atoms with Crippen molar-refractivity contribution >= 4 is 11.6 Å². The molecule has 8 N–H and O–H groups in total. The van der Waals surface area contributed by atoms with Crippen LogP contribution in [0.1, 0.15) is 38.5 Å². The third-order valence-electron chi connectivity index (χ3n) is 4.49. The molecule has 0 aliphatic carbocycles. The number of rotatable bonds is 18. The van der Waals surface area contributed by atoms with E-state index in [1.54, 1.807) is 0 Å². The van der Waals surface area contributed by atoms with Gasteiger partial charge in [-0.1, -0.05) is 0 Å². The Bertz CT molecular complexity index is 259. The number of alkyl halides is 1. The van der Waals surface area contributed by atoms with Crippen molar-refractivity contribution in [3.8, 4) is 0 Å². The summed E-state index contributed by atoms with van der Waals surface area (Å²) in [4.78, 5) is 5.01. The van der Waals surface area contributed by atoms with E-state index in [9.17, 15) is 0 Å². The quantitative estimate of drug-likeness (QED) is 0.147. The number of ether oxygens (including phenoxy) is 1. The smallest absolute Gasteiger partial charge is 0.0944 e. The van der Waals surface area contributed by atoms with Crippen molar-refractivity contribution in [1.29, 1.82) is 0 Å². The maximum atomic E-state index is 5.61. The summed E-state index contributed by atoms with van der Waals surface area (Å²) in [6.07, 6.45) is 7.16. The molecule has 1 rings (SSSR count). The van der Waals surface area contributed by atoms with Gasteiger partial charge in [-0.2, -0.15) is 0 Å². The Kier molecular flexibility index (Phi) is 20.7. The van der Waals surface area contributed by atoms with E-state index >= 15 is 0 Å². The second kappa shape index (κ2) is 20.7. The summed E-state index contributed by atoms with van der Waals surface area (Å²) >= 11 is 5.27. The fourth-order valence-electron chi connectivity index (χ4n) is 2.76. The van der Waals surface area contributed by atoms with E-state index in [4.69, 9.17) is 39.3 Å². The minimum absolute atomic E-state index is 0.400. The van der Waals surface area contributed by atoms with Crippen LogP contribution < -0.4 is 22.9 Å². The first kappa shape index (κ1) is 27.0. The monoisotopic (exact) mass is 408 g/mol. The Balaban J connectivity index is 0.00000115. The largest absolute Gasteiger partial charge is 0.372 e. The van der Waals surface area contributed by atoms with Crippen LogP contribution in [0.3, 0.4) is 0 Å². The number of nitrogens with two attached hydrogens (primary N) is 4. The summed E-state index contributed by atoms with van der Waals surface area (Å²) in [7, 11) is 0. The molecule has 27 heavy (non-hydrogen) atoms. The number of halogens is 1. The molecule has 1 heterocycles. The van der Waals surface area contributed by atoms with Gasteiger partial charge in [0.2, 0.25) is 0 Å². The summed E-state index contributed by atoms with van der Waals surface area (Å²) in [6.45, 7) is 10.7. The molecule has 1 saturated heterocycles. The molecule has 8 heteroatoms. The first-order valence-electron chi connectivity index (χ1n) is 10.6. The fraction of sp³-hybridized carbons (Fsp3) is 1.00. The van der Waals surface area contributed by atoms with E-state index in [0.29, 0.717) is 12.0 Å². The van der Waals surface area contributed by atoms with E-state index in [2.05, 4.69) is 9.80 Å². The highest BCUT2D eigenvalue weighted by atomic mass is 35.5. The van der Waals surface area contributed by atoms with E-state index in [-0.39, 0.29) is 0 Å². The van der Waals surface area contributed by atoms with Crippen LogP contribution in [0.5, 0.6) is 0 Å². The van der Waals surface area contributed by atoms with Crippen molar-refractivity contribution in [2.24, 2.45) is 22.9 Å². The minimum Gasteiger partial charge on any atom is -0.372 e. The zero-order chi connectivity index (χ0) is 20.2. The average Bonchev–Trinajstić information content (AvgIpc) is 3.53. The second-order valence-electron chi connectivity index (χ2n) is 7.07. The third-order valence-corrected chi connectivity index (χ3v) is 4.83. The van der Waals surface area contributed by atoms with Gasteiger partial charge in [-0.25, -0.2) is 0 Å². The number of epoxide rings is 1. The van der Waals surface area contributed by atoms with E-state index in [1.165, 1.54) is 12.8 Å². The molecule has 0 spiro atoms. The molecular formula is C19H45ClN6O. The second-order valence-corrected chi connectivity index (χ2v) is 7.38. The average molecular weight is 409 g/mol. The molecule has 164 valence electrons. The molecule has 0 radical (unpaired) electrons. The van der Waals surface area contributed by atoms with Crippen LogP contribution in [0.25, 0.3) is 0 Å². The lowest BCUT2D eigenvalue weighted by Crippen LogP contribution is -2.32. The first-order chi connectivity index (χ1) is 13.2. The maximum Gasteiger partial charge on any atom is 0.0944 e. The summed E-state index contributed by atoms with van der Waals surface area (Å²) in [5.41, 5.74) is 22.5. The van der Waals surface area contributed by atoms with Crippen molar-refractivity contribution < 1.29 is 4.74 Å². The van der Waals surface area contributed by atoms with Crippen LogP contribution in [0.2, 0.25) is 0 Å². The van der Waals surface area contributed by atoms with Crippen molar-refractivity contribution in [2.75, 3.05) is 77.9 Å². The van der Waals surface area contributed by atoms with Gasteiger partial charge in [0.25, 0.3) is 0 Å². The number of hydrogen-bond donors (Lipinski definition) is 4. The third kappa shape index (κ3) is 19.1. The van der Waals surface area contributed by atoms with Gasteiger partial charge in [0.1, 0.15) is 0 Å². The van der Waals surface area contributed by atoms with Gasteiger partial charge in [0.05, 0.1) is 18.6 Å². The molecule has 0 bridgehead atoms. The van der Waals surface area contributed by atoms with Gasteiger partial charge in [0.15, 0.2) is 0 Å². The van der Waals surface area contributed by atoms with Crippen LogP contribution >= 0.6 is 11.6 Å². The van der Waals surface area contributed by atoms with Crippen LogP contribution in [0.4, 0.5) is 0 Å². The minimum atomic E-state index is 0.400. The fourth-order valence-corrected chi connectivity index (χ4v) is 2.94. The predicted molar refractivity (Wildman–Crippen MR) is 117 cm³/mol. The van der Waals surface area contributed by atoms with Crippen LogP contribution in [-0.4, -0.2) is 93.8 Å². The highest BCUT2D eigenvalue weighted by Crippen LogP contribution is 2.08. The van der Waals surface area contributed by atoms with Gasteiger partial charge < -0.3 is 37.5 Å². The molecule has 0 amide bonds. The molecule has 0 aromatic heterocycles. The molecule has 1 aliphatic rings. The first-order valence-corrected chi connectivity index (χ1v) is 11.2. The highest BCUT2D eigenvalue weighted by Gasteiger charge is 2.19. The topological polar surface area (TPSA) is 123 Å². The lowest BCUT2D eigenvalue weighted by Gasteiger charge is -2.24. The van der Waals surface area contributed by atoms with Crippen LogP contribution in [-0.2, 0) is 4.74 Å². The van der Waals surface area contributed by atoms with Gasteiger partial charge in [-0.15, -0.1) is 11.6 Å². The van der Waals surface area contributed by atoms with Crippen LogP contribution in [0, 0.1) is 0 Å². The summed E-state index contributed by atoms with van der Waals surface area (Å²) < 4.78 is 4.73. The van der Waals surface area contributed by atoms with Gasteiger partial charge in [0, 0.05) is 0 Å². The van der Waals surface area contributed by atoms with Gasteiger partial charge in [-0.05, 0) is 104 Å². The summed E-state index contributed by atoms with van der Waals surface area (Å²) in [6, 6.07) is 0. The lowest BCUT2D eigenvalue weighted by molar-refractivity contribution is 0.237. The van der Waals surface area contributed by atoms with Gasteiger partial charge in [-0.3, -0.25) is 0 Å². The molecule has 1 fully saturated rings. The molecule has 0 aromatic carbocycles. The molecular weight excluding hydrogens is 364 g/mol. The molecule has 1 aliphatic heterocycles. The van der Waals surface area contributed by atoms with E-state index in [0.717, 1.165) is 97.7 Å². The van der Waals surface area contributed by atoms with Crippen molar-refractivity contribution in [2.45, 2.75) is 44.6 Å². The van der Waals surface area contributed by atoms with Crippen molar-refractivity contribution in [3.05, 3.63) is 0 Å². The van der Waals surface area contributed by atoms with E-state index < -0.39 is 0 Å². The maximum absolute atomic E-state index is 5.61. The predicted octanol–water partition coefficient (Wildman–Crippen LogP) is 0.390. The van der Waals surface area contributed by atoms with Crippen LogP contribution in [0.15, 0.2) is 0 Å².